The summed E-state index contributed by atoms with van der Waals surface area (Å²) in [6, 6.07) is 15.1. The molecule has 4 rings (SSSR count). The molecule has 0 unspecified atom stereocenters. The zero-order valence-corrected chi connectivity index (χ0v) is 19.2. The summed E-state index contributed by atoms with van der Waals surface area (Å²) in [5, 5.41) is 14.5. The number of hydrogen-bond acceptors (Lipinski definition) is 7. The molecule has 9 nitrogen and oxygen atoms in total. The summed E-state index contributed by atoms with van der Waals surface area (Å²) in [6.07, 6.45) is 0. The highest BCUT2D eigenvalue weighted by molar-refractivity contribution is 9.10. The van der Waals surface area contributed by atoms with Crippen molar-refractivity contribution >= 4 is 39.2 Å². The quantitative estimate of drug-likeness (QED) is 0.348. The van der Waals surface area contributed by atoms with E-state index >= 15 is 0 Å². The number of benzene rings is 2. The van der Waals surface area contributed by atoms with Gasteiger partial charge in [0.2, 0.25) is 11.7 Å². The zero-order valence-electron chi connectivity index (χ0n) is 17.6. The number of carbonyl (C=O) groups is 1. The summed E-state index contributed by atoms with van der Waals surface area (Å²) in [7, 11) is 0. The fourth-order valence-corrected chi connectivity index (χ4v) is 3.49. The van der Waals surface area contributed by atoms with Crippen LogP contribution in [0.1, 0.15) is 12.5 Å². The average molecular weight is 496 g/mol. The van der Waals surface area contributed by atoms with Gasteiger partial charge in [-0.2, -0.15) is 10.1 Å². The van der Waals surface area contributed by atoms with Gasteiger partial charge in [-0.25, -0.2) is 4.68 Å². The molecule has 1 amide bonds. The number of carbonyl (C=O) groups excluding carboxylic acids is 1. The van der Waals surface area contributed by atoms with Gasteiger partial charge in [-0.1, -0.05) is 45.4 Å². The summed E-state index contributed by atoms with van der Waals surface area (Å²) in [5.74, 6) is 1.16. The number of aromatic nitrogens is 4. The smallest absolute Gasteiger partial charge is 0.265 e. The van der Waals surface area contributed by atoms with Crippen molar-refractivity contribution in [1.82, 2.24) is 19.9 Å². The Bertz CT molecular complexity index is 1250. The van der Waals surface area contributed by atoms with Gasteiger partial charge in [-0.05, 0) is 43.7 Å². The van der Waals surface area contributed by atoms with Crippen LogP contribution in [0.2, 0.25) is 0 Å². The number of anilines is 3. The highest BCUT2D eigenvalue weighted by Crippen LogP contribution is 2.34. The molecule has 0 aliphatic heterocycles. The minimum atomic E-state index is -0.262. The molecule has 2 aromatic carbocycles. The van der Waals surface area contributed by atoms with Gasteiger partial charge in [-0.3, -0.25) is 4.79 Å². The van der Waals surface area contributed by atoms with Crippen LogP contribution in [-0.4, -0.2) is 32.4 Å². The Morgan fingerprint density at radius 2 is 1.94 bits per heavy atom. The van der Waals surface area contributed by atoms with Crippen LogP contribution in [0.25, 0.3) is 22.8 Å². The van der Waals surface area contributed by atoms with E-state index in [1.165, 1.54) is 4.68 Å². The van der Waals surface area contributed by atoms with Crippen LogP contribution < -0.4 is 16.4 Å². The maximum absolute atomic E-state index is 12.5. The van der Waals surface area contributed by atoms with Crippen LogP contribution in [-0.2, 0) is 11.3 Å². The first kappa shape index (κ1) is 21.6. The van der Waals surface area contributed by atoms with Gasteiger partial charge in [0.25, 0.3) is 5.89 Å². The van der Waals surface area contributed by atoms with Crippen LogP contribution in [0.4, 0.5) is 17.3 Å². The third-order valence-corrected chi connectivity index (χ3v) is 5.31. The van der Waals surface area contributed by atoms with E-state index in [1.807, 2.05) is 50.2 Å². The third kappa shape index (κ3) is 4.50. The predicted octanol–water partition coefficient (Wildman–Crippen LogP) is 4.32. The first-order valence-corrected chi connectivity index (χ1v) is 10.8. The number of halogens is 1. The van der Waals surface area contributed by atoms with Gasteiger partial charge >= 0.3 is 0 Å². The Labute approximate surface area is 193 Å². The number of aryl methyl sites for hydroxylation is 1. The maximum Gasteiger partial charge on any atom is 0.265 e. The van der Waals surface area contributed by atoms with Crippen molar-refractivity contribution in [2.24, 2.45) is 0 Å². The van der Waals surface area contributed by atoms with Gasteiger partial charge in [0, 0.05) is 22.3 Å². The van der Waals surface area contributed by atoms with Crippen LogP contribution in [0.3, 0.4) is 0 Å². The standard InChI is InChI=1S/C22H22BrN7O2/c1-3-25-21-18(22-27-20(29-32-22)16-7-5-4-6-13(16)2)19(24)30(28-21)12-17(31)26-15-10-8-14(23)9-11-15/h4-11H,3,12,24H2,1-2H3,(H,25,28)(H,26,31). The lowest BCUT2D eigenvalue weighted by atomic mass is 10.1. The summed E-state index contributed by atoms with van der Waals surface area (Å²) in [6.45, 7) is 4.45. The van der Waals surface area contributed by atoms with Crippen molar-refractivity contribution in [2.45, 2.75) is 20.4 Å². The van der Waals surface area contributed by atoms with Gasteiger partial charge in [0.1, 0.15) is 17.9 Å². The van der Waals surface area contributed by atoms with E-state index in [1.54, 1.807) is 12.1 Å². The Hall–Kier alpha value is -3.66. The molecule has 0 radical (unpaired) electrons. The number of rotatable bonds is 7. The molecular weight excluding hydrogens is 474 g/mol. The molecule has 0 bridgehead atoms. The lowest BCUT2D eigenvalue weighted by Gasteiger charge is -2.06. The molecule has 2 heterocycles. The Morgan fingerprint density at radius 1 is 1.19 bits per heavy atom. The molecule has 2 aromatic heterocycles. The first-order valence-electron chi connectivity index (χ1n) is 10.0. The number of nitrogens with zero attached hydrogens (tertiary/aromatic N) is 4. The van der Waals surface area contributed by atoms with Crippen LogP contribution in [0.5, 0.6) is 0 Å². The number of nitrogen functional groups attached to an aromatic ring is 1. The van der Waals surface area contributed by atoms with E-state index in [-0.39, 0.29) is 24.2 Å². The summed E-state index contributed by atoms with van der Waals surface area (Å²) >= 11 is 3.37. The molecular formula is C22H22BrN7O2. The molecule has 164 valence electrons. The topological polar surface area (TPSA) is 124 Å². The highest BCUT2D eigenvalue weighted by Gasteiger charge is 2.24. The number of amides is 1. The largest absolute Gasteiger partial charge is 0.383 e. The Morgan fingerprint density at radius 3 is 2.66 bits per heavy atom. The fourth-order valence-electron chi connectivity index (χ4n) is 3.23. The van der Waals surface area contributed by atoms with E-state index in [9.17, 15) is 4.79 Å². The van der Waals surface area contributed by atoms with E-state index in [0.29, 0.717) is 29.4 Å². The van der Waals surface area contributed by atoms with E-state index in [0.717, 1.165) is 15.6 Å². The number of nitrogens with two attached hydrogens (primary N) is 1. The third-order valence-electron chi connectivity index (χ3n) is 4.78. The van der Waals surface area contributed by atoms with E-state index in [4.69, 9.17) is 10.3 Å². The number of nitrogens with one attached hydrogen (secondary N) is 2. The normalized spacial score (nSPS) is 10.8. The minimum Gasteiger partial charge on any atom is -0.383 e. The Balaban J connectivity index is 1.61. The SMILES string of the molecule is CCNc1nn(CC(=O)Nc2ccc(Br)cc2)c(N)c1-c1nc(-c2ccccc2C)no1. The lowest BCUT2D eigenvalue weighted by Crippen LogP contribution is -2.20. The summed E-state index contributed by atoms with van der Waals surface area (Å²) in [5.41, 5.74) is 9.39. The van der Waals surface area contributed by atoms with Crippen molar-refractivity contribution in [1.29, 1.82) is 0 Å². The molecule has 4 aromatic rings. The van der Waals surface area contributed by atoms with E-state index < -0.39 is 0 Å². The molecule has 0 spiro atoms. The highest BCUT2D eigenvalue weighted by atomic mass is 79.9. The monoisotopic (exact) mass is 495 g/mol. The summed E-state index contributed by atoms with van der Waals surface area (Å²) in [4.78, 5) is 17.1. The average Bonchev–Trinajstić information content (AvgIpc) is 3.35. The zero-order chi connectivity index (χ0) is 22.7. The van der Waals surface area contributed by atoms with Crippen LogP contribution in [0, 0.1) is 6.92 Å². The molecule has 0 saturated carbocycles. The van der Waals surface area contributed by atoms with Gasteiger partial charge in [-0.15, -0.1) is 0 Å². The second kappa shape index (κ2) is 9.23. The van der Waals surface area contributed by atoms with E-state index in [2.05, 4.69) is 41.8 Å². The number of hydrogen-bond donors (Lipinski definition) is 3. The van der Waals surface area contributed by atoms with Crippen LogP contribution in [0.15, 0.2) is 57.5 Å². The fraction of sp³-hybridized carbons (Fsp3) is 0.182. The molecule has 10 heteroatoms. The second-order valence-corrected chi connectivity index (χ2v) is 8.01. The van der Waals surface area contributed by atoms with Gasteiger partial charge in [0.15, 0.2) is 5.82 Å². The predicted molar refractivity (Wildman–Crippen MR) is 127 cm³/mol. The first-order chi connectivity index (χ1) is 15.5. The summed E-state index contributed by atoms with van der Waals surface area (Å²) < 4.78 is 7.86. The van der Waals surface area contributed by atoms with Crippen molar-refractivity contribution in [2.75, 3.05) is 22.9 Å². The second-order valence-electron chi connectivity index (χ2n) is 7.09. The Kier molecular flexibility index (Phi) is 6.22. The molecule has 4 N–H and O–H groups in total. The lowest BCUT2D eigenvalue weighted by molar-refractivity contribution is -0.116. The van der Waals surface area contributed by atoms with Crippen molar-refractivity contribution in [3.05, 3.63) is 58.6 Å². The molecule has 0 fully saturated rings. The molecule has 0 saturated heterocycles. The van der Waals surface area contributed by atoms with Gasteiger partial charge < -0.3 is 20.9 Å². The van der Waals surface area contributed by atoms with Gasteiger partial charge in [0.05, 0.1) is 0 Å². The molecule has 0 aliphatic rings. The minimum absolute atomic E-state index is 0.0704. The molecule has 32 heavy (non-hydrogen) atoms. The maximum atomic E-state index is 12.5. The molecule has 0 aliphatic carbocycles. The van der Waals surface area contributed by atoms with Crippen molar-refractivity contribution in [3.8, 4) is 22.8 Å². The van der Waals surface area contributed by atoms with Crippen molar-refractivity contribution in [3.63, 3.8) is 0 Å². The van der Waals surface area contributed by atoms with Crippen molar-refractivity contribution < 1.29 is 9.32 Å². The molecule has 0 atom stereocenters. The van der Waals surface area contributed by atoms with Crippen LogP contribution >= 0.6 is 15.9 Å².